The lowest BCUT2D eigenvalue weighted by molar-refractivity contribution is 0.669. The monoisotopic (exact) mass is 910 g/mol. The first-order valence-corrected chi connectivity index (χ1v) is 25.8. The van der Waals surface area contributed by atoms with Crippen LogP contribution in [0.5, 0.6) is 0 Å². The number of para-hydroxylation sites is 4. The molecule has 4 heterocycles. The summed E-state index contributed by atoms with van der Waals surface area (Å²) < 4.78 is 11.1. The quantitative estimate of drug-likeness (QED) is 0.113. The average Bonchev–Trinajstić information content (AvgIpc) is 4.10. The Hall–Kier alpha value is -9.10. The van der Waals surface area contributed by atoms with E-state index in [2.05, 4.69) is 258 Å². The van der Waals surface area contributed by atoms with Gasteiger partial charge in [0.1, 0.15) is 11.2 Å². The molecular formula is C64H42N4OSi. The lowest BCUT2D eigenvalue weighted by atomic mass is 10.1. The lowest BCUT2D eigenvalue weighted by Gasteiger charge is -2.34. The third-order valence-corrected chi connectivity index (χ3v) is 19.1. The Labute approximate surface area is 404 Å². The summed E-state index contributed by atoms with van der Waals surface area (Å²) in [6, 6.07) is 91.9. The van der Waals surface area contributed by atoms with Crippen molar-refractivity contribution in [3.8, 4) is 34.2 Å². The minimum absolute atomic E-state index is 0.619. The molecule has 0 aliphatic rings. The maximum Gasteiger partial charge on any atom is 0.235 e. The number of aromatic nitrogens is 4. The molecule has 0 fully saturated rings. The highest BCUT2D eigenvalue weighted by Crippen LogP contribution is 2.42. The van der Waals surface area contributed by atoms with Crippen molar-refractivity contribution in [2.45, 2.75) is 0 Å². The fourth-order valence-electron chi connectivity index (χ4n) is 11.2. The van der Waals surface area contributed by atoms with Crippen molar-refractivity contribution < 1.29 is 4.42 Å². The maximum absolute atomic E-state index is 6.39. The normalized spacial score (nSPS) is 12.0. The molecule has 328 valence electrons. The highest BCUT2D eigenvalue weighted by atomic mass is 28.3. The molecule has 0 amide bonds. The smallest absolute Gasteiger partial charge is 0.235 e. The molecule has 0 aliphatic carbocycles. The molecule has 70 heavy (non-hydrogen) atoms. The molecule has 6 heteroatoms. The van der Waals surface area contributed by atoms with Crippen LogP contribution in [0.15, 0.2) is 259 Å². The molecule has 5 nitrogen and oxygen atoms in total. The summed E-state index contributed by atoms with van der Waals surface area (Å²) in [4.78, 5) is 11.1. The van der Waals surface area contributed by atoms with Crippen LogP contribution in [0.1, 0.15) is 0 Å². The van der Waals surface area contributed by atoms with Gasteiger partial charge in [-0.15, -0.1) is 0 Å². The second kappa shape index (κ2) is 16.0. The van der Waals surface area contributed by atoms with Gasteiger partial charge in [0.2, 0.25) is 5.95 Å². The highest BCUT2D eigenvalue weighted by molar-refractivity contribution is 7.20. The van der Waals surface area contributed by atoms with E-state index in [1.165, 1.54) is 26.1 Å². The van der Waals surface area contributed by atoms with Gasteiger partial charge in [0.15, 0.2) is 8.07 Å². The van der Waals surface area contributed by atoms with E-state index < -0.39 is 8.07 Å². The van der Waals surface area contributed by atoms with E-state index in [4.69, 9.17) is 14.4 Å². The predicted octanol–water partition coefficient (Wildman–Crippen LogP) is 13.3. The van der Waals surface area contributed by atoms with Crippen LogP contribution in [0.25, 0.3) is 99.7 Å². The Morgan fingerprint density at radius 3 is 1.53 bits per heavy atom. The molecule has 0 atom stereocenters. The highest BCUT2D eigenvalue weighted by Gasteiger charge is 2.42. The van der Waals surface area contributed by atoms with Crippen molar-refractivity contribution in [1.82, 2.24) is 19.1 Å². The lowest BCUT2D eigenvalue weighted by Crippen LogP contribution is -2.74. The zero-order valence-electron chi connectivity index (χ0n) is 37.9. The van der Waals surface area contributed by atoms with Crippen LogP contribution in [-0.2, 0) is 0 Å². The van der Waals surface area contributed by atoms with Crippen LogP contribution in [0, 0.1) is 0 Å². The maximum atomic E-state index is 6.39. The van der Waals surface area contributed by atoms with E-state index in [1.807, 2.05) is 6.07 Å². The van der Waals surface area contributed by atoms with E-state index in [0.717, 1.165) is 88.4 Å². The molecule has 0 bridgehead atoms. The van der Waals surface area contributed by atoms with Crippen molar-refractivity contribution in [1.29, 1.82) is 0 Å². The second-order valence-electron chi connectivity index (χ2n) is 18.1. The summed E-state index contributed by atoms with van der Waals surface area (Å²) >= 11 is 0. The third kappa shape index (κ3) is 6.10. The van der Waals surface area contributed by atoms with Crippen molar-refractivity contribution in [2.75, 3.05) is 0 Å². The summed E-state index contributed by atoms with van der Waals surface area (Å²) in [6.07, 6.45) is 0. The van der Waals surface area contributed by atoms with Crippen LogP contribution < -0.4 is 20.7 Å². The minimum Gasteiger partial charge on any atom is -0.456 e. The van der Waals surface area contributed by atoms with Gasteiger partial charge in [-0.25, -0.2) is 9.97 Å². The van der Waals surface area contributed by atoms with Gasteiger partial charge in [0.25, 0.3) is 0 Å². The van der Waals surface area contributed by atoms with Crippen molar-refractivity contribution in [2.24, 2.45) is 0 Å². The zero-order valence-corrected chi connectivity index (χ0v) is 38.9. The van der Waals surface area contributed by atoms with Crippen molar-refractivity contribution >= 4 is 94.4 Å². The van der Waals surface area contributed by atoms with Crippen LogP contribution in [0.4, 0.5) is 0 Å². The van der Waals surface area contributed by atoms with E-state index >= 15 is 0 Å². The van der Waals surface area contributed by atoms with Crippen LogP contribution in [0.3, 0.4) is 0 Å². The first-order valence-electron chi connectivity index (χ1n) is 23.8. The number of benzene rings is 10. The molecule has 0 N–H and O–H groups in total. The Morgan fingerprint density at radius 1 is 0.329 bits per heavy atom. The molecule has 14 rings (SSSR count). The van der Waals surface area contributed by atoms with Gasteiger partial charge in [-0.2, -0.15) is 0 Å². The molecule has 10 aromatic carbocycles. The zero-order chi connectivity index (χ0) is 46.2. The fourth-order valence-corrected chi connectivity index (χ4v) is 16.0. The average molecular weight is 911 g/mol. The first kappa shape index (κ1) is 40.0. The summed E-state index contributed by atoms with van der Waals surface area (Å²) in [5, 5.41) is 12.1. The fraction of sp³-hybridized carbons (Fsp3) is 0. The van der Waals surface area contributed by atoms with Gasteiger partial charge in [0.05, 0.1) is 33.5 Å². The Morgan fingerprint density at radius 2 is 0.843 bits per heavy atom. The molecule has 0 unspecified atom stereocenters. The molecule has 0 spiro atoms. The van der Waals surface area contributed by atoms with Crippen molar-refractivity contribution in [3.05, 3.63) is 255 Å². The summed E-state index contributed by atoms with van der Waals surface area (Å²) in [6.45, 7) is 0. The molecule has 0 aliphatic heterocycles. The second-order valence-corrected chi connectivity index (χ2v) is 21.9. The number of fused-ring (bicyclic) bond motifs is 10. The first-order chi connectivity index (χ1) is 34.7. The van der Waals surface area contributed by atoms with Gasteiger partial charge in [-0.1, -0.05) is 206 Å². The van der Waals surface area contributed by atoms with Crippen LogP contribution in [0.2, 0.25) is 0 Å². The number of rotatable bonds is 8. The number of furan rings is 1. The van der Waals surface area contributed by atoms with Gasteiger partial charge in [-0.05, 0) is 69.3 Å². The van der Waals surface area contributed by atoms with E-state index in [1.54, 1.807) is 0 Å². The van der Waals surface area contributed by atoms with E-state index in [9.17, 15) is 0 Å². The van der Waals surface area contributed by atoms with Gasteiger partial charge in [0, 0.05) is 49.1 Å². The molecule has 0 saturated carbocycles. The predicted molar refractivity (Wildman–Crippen MR) is 292 cm³/mol. The Kier molecular flexibility index (Phi) is 9.15. The van der Waals surface area contributed by atoms with E-state index in [0.29, 0.717) is 5.95 Å². The topological polar surface area (TPSA) is 48.8 Å². The summed E-state index contributed by atoms with van der Waals surface area (Å²) in [5.41, 5.74) is 11.1. The van der Waals surface area contributed by atoms with Gasteiger partial charge < -0.3 is 8.98 Å². The molecular weight excluding hydrogens is 869 g/mol. The number of hydrogen-bond donors (Lipinski definition) is 0. The number of nitrogens with zero attached hydrogens (tertiary/aromatic N) is 4. The molecule has 0 radical (unpaired) electrons. The molecule has 4 aromatic heterocycles. The van der Waals surface area contributed by atoms with E-state index in [-0.39, 0.29) is 0 Å². The number of hydrogen-bond acceptors (Lipinski definition) is 3. The van der Waals surface area contributed by atoms with Crippen LogP contribution in [-0.4, -0.2) is 27.2 Å². The molecule has 0 saturated heterocycles. The van der Waals surface area contributed by atoms with Crippen LogP contribution >= 0.6 is 0 Å². The van der Waals surface area contributed by atoms with Gasteiger partial charge in [-0.3, -0.25) is 4.57 Å². The molecule has 14 aromatic rings. The third-order valence-electron chi connectivity index (χ3n) is 14.3. The summed E-state index contributed by atoms with van der Waals surface area (Å²) in [5.74, 6) is 0.619. The Bertz CT molecular complexity index is 4240. The largest absolute Gasteiger partial charge is 0.456 e. The summed E-state index contributed by atoms with van der Waals surface area (Å²) in [7, 11) is -2.93. The SMILES string of the molecule is c1ccc(-c2cc(-c3ccc([Si](c4ccccc4)(c4ccccc4)c4ccc5oc6ccccc6c5c4)cc3)nc(-n3c4ccccc4c4ccc5c(c6ccccc6n5-c5ccccc5)c43)n2)cc1. The van der Waals surface area contributed by atoms with Gasteiger partial charge >= 0.3 is 0 Å². The van der Waals surface area contributed by atoms with Crippen molar-refractivity contribution in [3.63, 3.8) is 0 Å². The minimum atomic E-state index is -2.93. The Balaban J connectivity index is 1.01. The standard InChI is InChI=1S/C64H42N4OSi/c1-5-19-43(20-6-1)55-42-56(66-64(65-55)68-57-30-16-13-27-50(57)52-38-39-59-62(63(52)68)53-29-14-17-31-58(53)67(59)45-21-7-2-8-22-45)44-33-35-48(36-34-44)70(46-23-9-3-10-24-46,47-25-11-4-12-26-47)49-37-40-61-54(41-49)51-28-15-18-32-60(51)69-61/h1-42H.